The predicted octanol–water partition coefficient (Wildman–Crippen LogP) is 2.16. The summed E-state index contributed by atoms with van der Waals surface area (Å²) in [4.78, 5) is 31.7. The summed E-state index contributed by atoms with van der Waals surface area (Å²) >= 11 is 0. The molecule has 1 aliphatic heterocycles. The average molecular weight is 431 g/mol. The zero-order valence-corrected chi connectivity index (χ0v) is 18.1. The van der Waals surface area contributed by atoms with Crippen molar-refractivity contribution in [1.29, 1.82) is 0 Å². The van der Waals surface area contributed by atoms with E-state index in [2.05, 4.69) is 6.92 Å². The summed E-state index contributed by atoms with van der Waals surface area (Å²) in [6.45, 7) is 1.74. The van der Waals surface area contributed by atoms with Crippen LogP contribution in [0.25, 0.3) is 10.9 Å². The van der Waals surface area contributed by atoms with E-state index in [0.717, 1.165) is 41.4 Å². The van der Waals surface area contributed by atoms with Gasteiger partial charge in [-0.25, -0.2) is 13.2 Å². The molecular formula is C22H26N2O5S. The summed E-state index contributed by atoms with van der Waals surface area (Å²) in [5.74, 6) is -0.429. The molecule has 1 aliphatic carbocycles. The normalized spacial score (nSPS) is 22.5. The number of esters is 1. The molecule has 160 valence electrons. The van der Waals surface area contributed by atoms with Crippen LogP contribution in [0.4, 0.5) is 0 Å². The van der Waals surface area contributed by atoms with Crippen LogP contribution in [0.3, 0.4) is 0 Å². The van der Waals surface area contributed by atoms with Crippen molar-refractivity contribution in [2.75, 3.05) is 25.2 Å². The van der Waals surface area contributed by atoms with Gasteiger partial charge in [0.1, 0.15) is 0 Å². The predicted molar refractivity (Wildman–Crippen MR) is 113 cm³/mol. The van der Waals surface area contributed by atoms with Gasteiger partial charge in [0.2, 0.25) is 0 Å². The number of nitrogens with zero attached hydrogens (tertiary/aromatic N) is 2. The summed E-state index contributed by atoms with van der Waals surface area (Å²) in [5, 5.41) is 0.734. The minimum atomic E-state index is -3.10. The number of carbonyl (C=O) groups is 2. The lowest BCUT2D eigenvalue weighted by Gasteiger charge is -2.25. The second-order valence-electron chi connectivity index (χ2n) is 8.41. The van der Waals surface area contributed by atoms with Crippen molar-refractivity contribution >= 4 is 32.6 Å². The fraction of sp³-hybridized carbons (Fsp3) is 0.500. The summed E-state index contributed by atoms with van der Waals surface area (Å²) in [5.41, 5.74) is 3.09. The molecule has 2 heterocycles. The van der Waals surface area contributed by atoms with Crippen molar-refractivity contribution < 1.29 is 22.7 Å². The highest BCUT2D eigenvalue weighted by molar-refractivity contribution is 7.91. The molecule has 0 unspecified atom stereocenters. The third-order valence-corrected chi connectivity index (χ3v) is 7.94. The highest BCUT2D eigenvalue weighted by atomic mass is 32.2. The number of amides is 1. The first kappa shape index (κ1) is 20.8. The minimum absolute atomic E-state index is 0.0381. The molecule has 8 heteroatoms. The van der Waals surface area contributed by atoms with E-state index in [9.17, 15) is 18.0 Å². The third kappa shape index (κ3) is 4.05. The molecule has 1 amide bonds. The van der Waals surface area contributed by atoms with E-state index in [1.807, 2.05) is 24.3 Å². The SMILES string of the molecule is C[C@@H]1CCc2nc3ccccc3c(C(=O)OCC(=O)N(C)[C@@H]3CCS(=O)(=O)C3)c2C1. The molecule has 2 aromatic rings. The van der Waals surface area contributed by atoms with Crippen molar-refractivity contribution in [3.05, 3.63) is 41.1 Å². The lowest BCUT2D eigenvalue weighted by Crippen LogP contribution is -2.40. The third-order valence-electron chi connectivity index (χ3n) is 6.19. The van der Waals surface area contributed by atoms with E-state index in [1.54, 1.807) is 7.05 Å². The largest absolute Gasteiger partial charge is 0.452 e. The van der Waals surface area contributed by atoms with Gasteiger partial charge in [-0.05, 0) is 43.2 Å². The van der Waals surface area contributed by atoms with E-state index in [1.165, 1.54) is 4.90 Å². The van der Waals surface area contributed by atoms with Gasteiger partial charge in [0.15, 0.2) is 16.4 Å². The molecule has 1 aromatic heterocycles. The monoisotopic (exact) mass is 430 g/mol. The van der Waals surface area contributed by atoms with Crippen LogP contribution in [0.5, 0.6) is 0 Å². The molecule has 0 radical (unpaired) electrons. The maximum atomic E-state index is 13.1. The Labute approximate surface area is 176 Å². The zero-order valence-electron chi connectivity index (χ0n) is 17.3. The molecule has 1 aromatic carbocycles. The van der Waals surface area contributed by atoms with Crippen LogP contribution in [0, 0.1) is 5.92 Å². The van der Waals surface area contributed by atoms with Crippen molar-refractivity contribution in [3.63, 3.8) is 0 Å². The van der Waals surface area contributed by atoms with Crippen LogP contribution in [-0.2, 0) is 32.2 Å². The molecule has 4 rings (SSSR count). The molecule has 2 atom stereocenters. The lowest BCUT2D eigenvalue weighted by molar-refractivity contribution is -0.134. The van der Waals surface area contributed by atoms with Crippen LogP contribution in [-0.4, -0.2) is 61.4 Å². The Bertz CT molecular complexity index is 1110. The van der Waals surface area contributed by atoms with Crippen molar-refractivity contribution in [3.8, 4) is 0 Å². The Hall–Kier alpha value is -2.48. The number of pyridine rings is 1. The summed E-state index contributed by atoms with van der Waals surface area (Å²) in [6, 6.07) is 7.12. The van der Waals surface area contributed by atoms with Gasteiger partial charge < -0.3 is 9.64 Å². The quantitative estimate of drug-likeness (QED) is 0.690. The maximum Gasteiger partial charge on any atom is 0.339 e. The summed E-state index contributed by atoms with van der Waals surface area (Å²) in [7, 11) is -1.53. The van der Waals surface area contributed by atoms with E-state index in [4.69, 9.17) is 9.72 Å². The van der Waals surface area contributed by atoms with Gasteiger partial charge in [-0.1, -0.05) is 25.1 Å². The van der Waals surface area contributed by atoms with E-state index in [0.29, 0.717) is 17.9 Å². The molecule has 0 spiro atoms. The Morgan fingerprint density at radius 1 is 1.23 bits per heavy atom. The number of hydrogen-bond acceptors (Lipinski definition) is 6. The van der Waals surface area contributed by atoms with Gasteiger partial charge in [-0.2, -0.15) is 0 Å². The number of ether oxygens (including phenoxy) is 1. The number of aryl methyl sites for hydroxylation is 1. The first-order valence-corrected chi connectivity index (χ1v) is 12.1. The number of aromatic nitrogens is 1. The van der Waals surface area contributed by atoms with E-state index >= 15 is 0 Å². The average Bonchev–Trinajstić information content (AvgIpc) is 3.09. The van der Waals surface area contributed by atoms with Gasteiger partial charge in [-0.15, -0.1) is 0 Å². The number of hydrogen-bond donors (Lipinski definition) is 0. The molecular weight excluding hydrogens is 404 g/mol. The summed E-state index contributed by atoms with van der Waals surface area (Å²) in [6.07, 6.45) is 3.02. The molecule has 0 bridgehead atoms. The Balaban J connectivity index is 1.55. The highest BCUT2D eigenvalue weighted by Crippen LogP contribution is 2.32. The highest BCUT2D eigenvalue weighted by Gasteiger charge is 2.33. The fourth-order valence-corrected chi connectivity index (χ4v) is 6.16. The Kier molecular flexibility index (Phi) is 5.53. The molecule has 0 N–H and O–H groups in total. The van der Waals surface area contributed by atoms with Crippen LogP contribution in [0.15, 0.2) is 24.3 Å². The number of carbonyl (C=O) groups excluding carboxylic acids is 2. The lowest BCUT2D eigenvalue weighted by atomic mass is 9.84. The van der Waals surface area contributed by atoms with Gasteiger partial charge in [-0.3, -0.25) is 9.78 Å². The second kappa shape index (κ2) is 7.98. The molecule has 30 heavy (non-hydrogen) atoms. The molecule has 1 fully saturated rings. The number of likely N-dealkylation sites (N-methyl/N-ethyl adjacent to an activating group) is 1. The van der Waals surface area contributed by atoms with E-state index in [-0.39, 0.29) is 17.5 Å². The van der Waals surface area contributed by atoms with Crippen LogP contribution >= 0.6 is 0 Å². The van der Waals surface area contributed by atoms with E-state index < -0.39 is 28.3 Å². The maximum absolute atomic E-state index is 13.1. The minimum Gasteiger partial charge on any atom is -0.452 e. The van der Waals surface area contributed by atoms with Gasteiger partial charge in [0.05, 0.1) is 22.6 Å². The Morgan fingerprint density at radius 2 is 2.00 bits per heavy atom. The second-order valence-corrected chi connectivity index (χ2v) is 10.6. The standard InChI is InChI=1S/C22H26N2O5S/c1-14-7-8-19-17(11-14)21(16-5-3-4-6-18(16)23-19)22(26)29-12-20(25)24(2)15-9-10-30(27,28)13-15/h3-6,14-15H,7-13H2,1-2H3/t14-,15-/m1/s1. The molecule has 2 aliphatic rings. The number of rotatable bonds is 4. The van der Waals surface area contributed by atoms with Gasteiger partial charge in [0.25, 0.3) is 5.91 Å². The van der Waals surface area contributed by atoms with Crippen LogP contribution in [0.1, 0.15) is 41.4 Å². The number of benzene rings is 1. The summed E-state index contributed by atoms with van der Waals surface area (Å²) < 4.78 is 28.8. The number of sulfone groups is 1. The fourth-order valence-electron chi connectivity index (χ4n) is 4.38. The topological polar surface area (TPSA) is 93.6 Å². The molecule has 0 saturated carbocycles. The van der Waals surface area contributed by atoms with Crippen molar-refractivity contribution in [2.24, 2.45) is 5.92 Å². The number of fused-ring (bicyclic) bond motifs is 2. The van der Waals surface area contributed by atoms with Crippen molar-refractivity contribution in [1.82, 2.24) is 9.88 Å². The van der Waals surface area contributed by atoms with Gasteiger partial charge >= 0.3 is 5.97 Å². The smallest absolute Gasteiger partial charge is 0.339 e. The van der Waals surface area contributed by atoms with Crippen LogP contribution in [0.2, 0.25) is 0 Å². The Morgan fingerprint density at radius 3 is 2.73 bits per heavy atom. The first-order valence-electron chi connectivity index (χ1n) is 10.3. The number of para-hydroxylation sites is 1. The first-order chi connectivity index (χ1) is 14.2. The molecule has 7 nitrogen and oxygen atoms in total. The zero-order chi connectivity index (χ0) is 21.5. The molecule has 1 saturated heterocycles. The van der Waals surface area contributed by atoms with Crippen LogP contribution < -0.4 is 0 Å². The van der Waals surface area contributed by atoms with Gasteiger partial charge in [0, 0.05) is 24.2 Å². The van der Waals surface area contributed by atoms with Crippen molar-refractivity contribution in [2.45, 2.75) is 38.6 Å².